The van der Waals surface area contributed by atoms with Crippen LogP contribution >= 0.6 is 0 Å². The second-order valence-corrected chi connectivity index (χ2v) is 6.34. The first-order valence-electron chi connectivity index (χ1n) is 8.07. The van der Waals surface area contributed by atoms with E-state index in [9.17, 15) is 22.7 Å². The van der Waals surface area contributed by atoms with Crippen molar-refractivity contribution >= 4 is 16.6 Å². The number of fused-ring (bicyclic) bond motifs is 1. The fourth-order valence-electron chi connectivity index (χ4n) is 3.56. The fraction of sp³-hybridized carbons (Fsp3) is 0.211. The Morgan fingerprint density at radius 2 is 1.77 bits per heavy atom. The lowest BCUT2D eigenvalue weighted by atomic mass is 10.0. The van der Waals surface area contributed by atoms with Gasteiger partial charge in [-0.1, -0.05) is 0 Å². The van der Waals surface area contributed by atoms with E-state index in [-0.39, 0.29) is 29.4 Å². The van der Waals surface area contributed by atoms with Gasteiger partial charge in [-0.25, -0.2) is 17.6 Å². The third kappa shape index (κ3) is 2.78. The van der Waals surface area contributed by atoms with Gasteiger partial charge < -0.3 is 10.0 Å². The Kier molecular flexibility index (Phi) is 4.03. The number of nitrogens with zero attached hydrogens (tertiary/aromatic N) is 2. The van der Waals surface area contributed by atoms with Crippen molar-refractivity contribution in [1.29, 1.82) is 0 Å². The monoisotopic (exact) mass is 362 g/mol. The van der Waals surface area contributed by atoms with Crippen LogP contribution in [0, 0.1) is 23.3 Å². The average Bonchev–Trinajstić information content (AvgIpc) is 2.98. The largest absolute Gasteiger partial charge is 0.391 e. The topological polar surface area (TPSA) is 36.4 Å². The first kappa shape index (κ1) is 16.8. The number of hydrogen-bond acceptors (Lipinski definition) is 3. The molecule has 1 saturated heterocycles. The summed E-state index contributed by atoms with van der Waals surface area (Å²) in [7, 11) is 0. The Hall–Kier alpha value is -2.67. The average molecular weight is 362 g/mol. The van der Waals surface area contributed by atoms with E-state index in [0.29, 0.717) is 5.69 Å². The molecule has 2 heterocycles. The van der Waals surface area contributed by atoms with Crippen molar-refractivity contribution < 1.29 is 22.7 Å². The molecule has 0 amide bonds. The smallest absolute Gasteiger partial charge is 0.152 e. The summed E-state index contributed by atoms with van der Waals surface area (Å²) < 4.78 is 55.7. The van der Waals surface area contributed by atoms with Crippen molar-refractivity contribution in [2.45, 2.75) is 18.6 Å². The molecule has 0 radical (unpaired) electrons. The van der Waals surface area contributed by atoms with E-state index in [1.807, 2.05) is 0 Å². The molecule has 26 heavy (non-hydrogen) atoms. The highest BCUT2D eigenvalue weighted by molar-refractivity contribution is 5.92. The standard InChI is InChI=1S/C19H14F4N2O/c20-10-1-2-15(22)13(5-10)18-8-12(26)9-25(18)17-3-4-24-19-14(17)6-11(21)7-16(19)23/h1-7,12,18,26H,8-9H2. The molecule has 7 heteroatoms. The van der Waals surface area contributed by atoms with Crippen LogP contribution in [0.1, 0.15) is 18.0 Å². The van der Waals surface area contributed by atoms with Gasteiger partial charge in [-0.05, 0) is 36.8 Å². The predicted molar refractivity (Wildman–Crippen MR) is 88.7 cm³/mol. The first-order chi connectivity index (χ1) is 12.4. The molecule has 3 aromatic rings. The van der Waals surface area contributed by atoms with Crippen LogP contribution in [0.2, 0.25) is 0 Å². The van der Waals surface area contributed by atoms with Gasteiger partial charge in [0.2, 0.25) is 0 Å². The molecule has 0 saturated carbocycles. The van der Waals surface area contributed by atoms with Crippen LogP contribution in [0.5, 0.6) is 0 Å². The lowest BCUT2D eigenvalue weighted by Crippen LogP contribution is -2.25. The molecule has 1 aromatic heterocycles. The summed E-state index contributed by atoms with van der Waals surface area (Å²) in [6.07, 6.45) is 0.744. The van der Waals surface area contributed by atoms with E-state index in [2.05, 4.69) is 4.98 Å². The Morgan fingerprint density at radius 1 is 0.962 bits per heavy atom. The molecule has 1 aliphatic heterocycles. The Labute approximate surface area is 146 Å². The predicted octanol–water partition coefficient (Wildman–Crippen LogP) is 4.10. The van der Waals surface area contributed by atoms with Gasteiger partial charge in [-0.15, -0.1) is 0 Å². The number of benzene rings is 2. The molecular weight excluding hydrogens is 348 g/mol. The van der Waals surface area contributed by atoms with E-state index in [1.54, 1.807) is 11.0 Å². The van der Waals surface area contributed by atoms with Crippen molar-refractivity contribution in [3.05, 3.63) is 71.4 Å². The summed E-state index contributed by atoms with van der Waals surface area (Å²) in [4.78, 5) is 5.57. The molecular formula is C19H14F4N2O. The zero-order valence-electron chi connectivity index (χ0n) is 13.5. The van der Waals surface area contributed by atoms with Gasteiger partial charge in [0.1, 0.15) is 23.0 Å². The lowest BCUT2D eigenvalue weighted by Gasteiger charge is -2.28. The maximum atomic E-state index is 14.3. The molecule has 134 valence electrons. The van der Waals surface area contributed by atoms with Gasteiger partial charge in [0.15, 0.2) is 5.82 Å². The minimum Gasteiger partial charge on any atom is -0.391 e. The van der Waals surface area contributed by atoms with Crippen LogP contribution < -0.4 is 4.90 Å². The third-order valence-corrected chi connectivity index (χ3v) is 4.65. The van der Waals surface area contributed by atoms with E-state index in [0.717, 1.165) is 30.3 Å². The minimum absolute atomic E-state index is 0.0243. The molecule has 4 rings (SSSR count). The first-order valence-corrected chi connectivity index (χ1v) is 8.07. The van der Waals surface area contributed by atoms with Crippen LogP contribution in [0.3, 0.4) is 0 Å². The number of anilines is 1. The highest BCUT2D eigenvalue weighted by Gasteiger charge is 2.35. The van der Waals surface area contributed by atoms with Crippen LogP contribution in [-0.4, -0.2) is 22.7 Å². The van der Waals surface area contributed by atoms with Crippen molar-refractivity contribution in [1.82, 2.24) is 4.98 Å². The van der Waals surface area contributed by atoms with Crippen LogP contribution in [0.25, 0.3) is 10.9 Å². The van der Waals surface area contributed by atoms with Gasteiger partial charge >= 0.3 is 0 Å². The maximum absolute atomic E-state index is 14.3. The van der Waals surface area contributed by atoms with E-state index in [1.165, 1.54) is 6.20 Å². The van der Waals surface area contributed by atoms with Crippen molar-refractivity contribution in [3.63, 3.8) is 0 Å². The number of halogens is 4. The molecule has 2 atom stereocenters. The van der Waals surface area contributed by atoms with Crippen molar-refractivity contribution in [2.24, 2.45) is 0 Å². The third-order valence-electron chi connectivity index (χ3n) is 4.65. The number of aliphatic hydroxyl groups excluding tert-OH is 1. The second-order valence-electron chi connectivity index (χ2n) is 6.34. The van der Waals surface area contributed by atoms with Crippen LogP contribution in [-0.2, 0) is 0 Å². The molecule has 3 nitrogen and oxygen atoms in total. The van der Waals surface area contributed by atoms with Gasteiger partial charge in [-0.2, -0.15) is 0 Å². The van der Waals surface area contributed by atoms with E-state index in [4.69, 9.17) is 0 Å². The number of rotatable bonds is 2. The Bertz CT molecular complexity index is 995. The van der Waals surface area contributed by atoms with Crippen LogP contribution in [0.15, 0.2) is 42.6 Å². The molecule has 0 aliphatic carbocycles. The zero-order valence-corrected chi connectivity index (χ0v) is 13.5. The van der Waals surface area contributed by atoms with Gasteiger partial charge in [0.05, 0.1) is 12.1 Å². The van der Waals surface area contributed by atoms with Crippen LogP contribution in [0.4, 0.5) is 23.2 Å². The molecule has 1 fully saturated rings. The quantitative estimate of drug-likeness (QED) is 0.697. The zero-order chi connectivity index (χ0) is 18.4. The molecule has 0 bridgehead atoms. The summed E-state index contributed by atoms with van der Waals surface area (Å²) in [5.74, 6) is -2.78. The molecule has 1 N–H and O–H groups in total. The molecule has 1 aliphatic rings. The summed E-state index contributed by atoms with van der Waals surface area (Å²) in [6, 6.07) is 5.88. The molecule has 0 spiro atoms. The van der Waals surface area contributed by atoms with Gasteiger partial charge in [0, 0.05) is 35.4 Å². The van der Waals surface area contributed by atoms with E-state index < -0.39 is 35.4 Å². The summed E-state index contributed by atoms with van der Waals surface area (Å²) in [6.45, 7) is 0.123. The van der Waals surface area contributed by atoms with Gasteiger partial charge in [-0.3, -0.25) is 4.98 Å². The SMILES string of the molecule is OC1CC(c2cc(F)ccc2F)N(c2ccnc3c(F)cc(F)cc23)C1. The normalized spacial score (nSPS) is 20.1. The van der Waals surface area contributed by atoms with E-state index >= 15 is 0 Å². The summed E-state index contributed by atoms with van der Waals surface area (Å²) in [5.41, 5.74) is 0.464. The number of pyridine rings is 1. The summed E-state index contributed by atoms with van der Waals surface area (Å²) >= 11 is 0. The number of aromatic nitrogens is 1. The summed E-state index contributed by atoms with van der Waals surface area (Å²) in [5, 5.41) is 10.3. The highest BCUT2D eigenvalue weighted by Crippen LogP contribution is 2.40. The lowest BCUT2D eigenvalue weighted by molar-refractivity contribution is 0.194. The minimum atomic E-state index is -0.810. The Balaban J connectivity index is 1.88. The molecule has 2 aromatic carbocycles. The molecule has 2 unspecified atom stereocenters. The Morgan fingerprint density at radius 3 is 2.58 bits per heavy atom. The number of aliphatic hydroxyl groups is 1. The maximum Gasteiger partial charge on any atom is 0.152 e. The second kappa shape index (κ2) is 6.25. The number of β-amino-alcohol motifs (C(OH)–C–C–N with tert-alkyl or cyclic N) is 1. The van der Waals surface area contributed by atoms with Gasteiger partial charge in [0.25, 0.3) is 0 Å². The highest BCUT2D eigenvalue weighted by atomic mass is 19.1. The van der Waals surface area contributed by atoms with Crippen molar-refractivity contribution in [3.8, 4) is 0 Å². The number of hydrogen-bond donors (Lipinski definition) is 1. The van der Waals surface area contributed by atoms with Crippen molar-refractivity contribution in [2.75, 3.05) is 11.4 Å². The fourth-order valence-corrected chi connectivity index (χ4v) is 3.56.